The number of hydrogen-bond acceptors (Lipinski definition) is 2. The molecule has 4 heteroatoms. The second kappa shape index (κ2) is 6.04. The molecule has 2 aromatic rings. The van der Waals surface area contributed by atoms with Gasteiger partial charge in [-0.2, -0.15) is 0 Å². The van der Waals surface area contributed by atoms with E-state index in [1.54, 1.807) is 31.2 Å². The molecule has 0 heterocycles. The monoisotopic (exact) mass is 305 g/mol. The lowest BCUT2D eigenvalue weighted by molar-refractivity contribution is 0.433. The molecule has 0 aromatic heterocycles. The van der Waals surface area contributed by atoms with Gasteiger partial charge in [0.05, 0.1) is 0 Å². The Morgan fingerprint density at radius 1 is 1.24 bits per heavy atom. The molecule has 0 unspecified atom stereocenters. The van der Waals surface area contributed by atoms with Crippen molar-refractivity contribution in [2.24, 2.45) is 0 Å². The lowest BCUT2D eigenvalue weighted by atomic mass is 10.2. The molecule has 0 atom stereocenters. The summed E-state index contributed by atoms with van der Waals surface area (Å²) in [5.41, 5.74) is 1.54. The molecule has 0 amide bonds. The molecule has 1 aliphatic rings. The Kier molecular flexibility index (Phi) is 4.13. The first kappa shape index (κ1) is 14.4. The molecule has 0 bridgehead atoms. The van der Waals surface area contributed by atoms with Crippen molar-refractivity contribution in [1.82, 2.24) is 5.32 Å². The molecule has 21 heavy (non-hydrogen) atoms. The highest BCUT2D eigenvalue weighted by Gasteiger charge is 2.21. The Morgan fingerprint density at radius 3 is 2.81 bits per heavy atom. The van der Waals surface area contributed by atoms with Crippen LogP contribution in [0.15, 0.2) is 36.4 Å². The first-order valence-corrected chi connectivity index (χ1v) is 7.46. The Balaban J connectivity index is 1.85. The second-order valence-electron chi connectivity index (χ2n) is 5.40. The molecule has 2 aromatic carbocycles. The summed E-state index contributed by atoms with van der Waals surface area (Å²) in [6.45, 7) is 2.42. The molecule has 0 radical (unpaired) electrons. The van der Waals surface area contributed by atoms with Gasteiger partial charge >= 0.3 is 0 Å². The van der Waals surface area contributed by atoms with E-state index in [1.165, 1.54) is 12.8 Å². The first-order chi connectivity index (χ1) is 10.1. The third-order valence-electron chi connectivity index (χ3n) is 3.56. The van der Waals surface area contributed by atoms with Gasteiger partial charge in [-0.3, -0.25) is 0 Å². The molecule has 0 spiro atoms. The van der Waals surface area contributed by atoms with Crippen LogP contribution in [0.1, 0.15) is 24.0 Å². The van der Waals surface area contributed by atoms with Gasteiger partial charge in [0.1, 0.15) is 5.75 Å². The van der Waals surface area contributed by atoms with E-state index in [9.17, 15) is 4.39 Å². The summed E-state index contributed by atoms with van der Waals surface area (Å²) in [6, 6.07) is 11.2. The zero-order valence-electron chi connectivity index (χ0n) is 11.8. The van der Waals surface area contributed by atoms with E-state index in [0.717, 1.165) is 5.56 Å². The number of hydrogen-bond donors (Lipinski definition) is 1. The van der Waals surface area contributed by atoms with Crippen LogP contribution in [0.2, 0.25) is 5.02 Å². The van der Waals surface area contributed by atoms with Crippen LogP contribution >= 0.6 is 11.6 Å². The van der Waals surface area contributed by atoms with E-state index in [0.29, 0.717) is 28.9 Å². The third kappa shape index (κ3) is 3.55. The number of ether oxygens (including phenoxy) is 1. The fourth-order valence-electron chi connectivity index (χ4n) is 2.13. The predicted molar refractivity (Wildman–Crippen MR) is 82.5 cm³/mol. The number of halogens is 2. The minimum atomic E-state index is -0.335. The van der Waals surface area contributed by atoms with Gasteiger partial charge in [0, 0.05) is 23.2 Å². The highest BCUT2D eigenvalue weighted by atomic mass is 35.5. The first-order valence-electron chi connectivity index (χ1n) is 7.08. The maximum atomic E-state index is 14.1. The fraction of sp³-hybridized carbons (Fsp3) is 0.294. The average Bonchev–Trinajstić information content (AvgIpc) is 3.27. The van der Waals surface area contributed by atoms with E-state index in [-0.39, 0.29) is 11.6 Å². The summed E-state index contributed by atoms with van der Waals surface area (Å²) >= 11 is 6.04. The minimum Gasteiger partial charge on any atom is -0.454 e. The fourth-order valence-corrected chi connectivity index (χ4v) is 2.29. The molecule has 1 N–H and O–H groups in total. The van der Waals surface area contributed by atoms with Gasteiger partial charge in [-0.25, -0.2) is 4.39 Å². The van der Waals surface area contributed by atoms with Gasteiger partial charge in [-0.05, 0) is 43.5 Å². The Hall–Kier alpha value is -1.58. The SMILES string of the molecule is Cc1cccc(Oc2cc(Cl)ccc2CNC2CC2)c1F. The van der Waals surface area contributed by atoms with Crippen LogP contribution in [0.3, 0.4) is 0 Å². The van der Waals surface area contributed by atoms with E-state index in [2.05, 4.69) is 5.32 Å². The molecule has 0 saturated heterocycles. The van der Waals surface area contributed by atoms with Crippen LogP contribution in [-0.4, -0.2) is 6.04 Å². The summed E-state index contributed by atoms with van der Waals surface area (Å²) in [5, 5.41) is 4.00. The molecular weight excluding hydrogens is 289 g/mol. The minimum absolute atomic E-state index is 0.227. The van der Waals surface area contributed by atoms with Crippen molar-refractivity contribution in [2.75, 3.05) is 0 Å². The smallest absolute Gasteiger partial charge is 0.168 e. The molecular formula is C17H17ClFNO. The normalized spacial score (nSPS) is 14.2. The maximum absolute atomic E-state index is 14.1. The van der Waals surface area contributed by atoms with Crippen LogP contribution in [-0.2, 0) is 6.54 Å². The van der Waals surface area contributed by atoms with Crippen molar-refractivity contribution in [2.45, 2.75) is 32.4 Å². The summed E-state index contributed by atoms with van der Waals surface area (Å²) in [7, 11) is 0. The average molecular weight is 306 g/mol. The predicted octanol–water partition coefficient (Wildman–Crippen LogP) is 4.83. The van der Waals surface area contributed by atoms with E-state index >= 15 is 0 Å². The third-order valence-corrected chi connectivity index (χ3v) is 3.80. The van der Waals surface area contributed by atoms with Crippen molar-refractivity contribution >= 4 is 11.6 Å². The molecule has 3 rings (SSSR count). The number of rotatable bonds is 5. The highest BCUT2D eigenvalue weighted by molar-refractivity contribution is 6.30. The molecule has 1 aliphatic carbocycles. The topological polar surface area (TPSA) is 21.3 Å². The van der Waals surface area contributed by atoms with Crippen molar-refractivity contribution < 1.29 is 9.13 Å². The lowest BCUT2D eigenvalue weighted by Gasteiger charge is -2.13. The summed E-state index contributed by atoms with van der Waals surface area (Å²) in [5.74, 6) is 0.490. The van der Waals surface area contributed by atoms with Crippen LogP contribution in [0, 0.1) is 12.7 Å². The van der Waals surface area contributed by atoms with Gasteiger partial charge in [-0.15, -0.1) is 0 Å². The van der Waals surface area contributed by atoms with E-state index < -0.39 is 0 Å². The molecule has 1 fully saturated rings. The molecule has 0 aliphatic heterocycles. The molecule has 2 nitrogen and oxygen atoms in total. The van der Waals surface area contributed by atoms with Gasteiger partial charge in [0.25, 0.3) is 0 Å². The Labute approximate surface area is 128 Å². The van der Waals surface area contributed by atoms with Gasteiger partial charge in [0.2, 0.25) is 0 Å². The quantitative estimate of drug-likeness (QED) is 0.854. The maximum Gasteiger partial charge on any atom is 0.168 e. The lowest BCUT2D eigenvalue weighted by Crippen LogP contribution is -2.15. The Morgan fingerprint density at radius 2 is 2.05 bits per heavy atom. The molecule has 1 saturated carbocycles. The standard InChI is InChI=1S/C17H17ClFNO/c1-11-3-2-4-15(17(11)19)21-16-9-13(18)6-5-12(16)10-20-14-7-8-14/h2-6,9,14,20H,7-8,10H2,1H3. The summed E-state index contributed by atoms with van der Waals surface area (Å²) in [4.78, 5) is 0. The van der Waals surface area contributed by atoms with Gasteiger partial charge < -0.3 is 10.1 Å². The van der Waals surface area contributed by atoms with Crippen LogP contribution in [0.25, 0.3) is 0 Å². The summed E-state index contributed by atoms with van der Waals surface area (Å²) < 4.78 is 19.8. The van der Waals surface area contributed by atoms with Crippen LogP contribution < -0.4 is 10.1 Å². The van der Waals surface area contributed by atoms with Crippen molar-refractivity contribution in [3.05, 3.63) is 58.4 Å². The number of benzene rings is 2. The van der Waals surface area contributed by atoms with Crippen molar-refractivity contribution in [3.8, 4) is 11.5 Å². The second-order valence-corrected chi connectivity index (χ2v) is 5.83. The molecule has 110 valence electrons. The van der Waals surface area contributed by atoms with Gasteiger partial charge in [0.15, 0.2) is 11.6 Å². The van der Waals surface area contributed by atoms with Crippen molar-refractivity contribution in [1.29, 1.82) is 0 Å². The van der Waals surface area contributed by atoms with Crippen molar-refractivity contribution in [3.63, 3.8) is 0 Å². The highest BCUT2D eigenvalue weighted by Crippen LogP contribution is 2.31. The van der Waals surface area contributed by atoms with E-state index in [1.807, 2.05) is 12.1 Å². The number of aryl methyl sites for hydroxylation is 1. The zero-order valence-corrected chi connectivity index (χ0v) is 12.6. The number of nitrogens with one attached hydrogen (secondary N) is 1. The van der Waals surface area contributed by atoms with E-state index in [4.69, 9.17) is 16.3 Å². The largest absolute Gasteiger partial charge is 0.454 e. The van der Waals surface area contributed by atoms with Gasteiger partial charge in [-0.1, -0.05) is 29.8 Å². The summed E-state index contributed by atoms with van der Waals surface area (Å²) in [6.07, 6.45) is 2.44. The van der Waals surface area contributed by atoms with Crippen LogP contribution in [0.4, 0.5) is 4.39 Å². The zero-order chi connectivity index (χ0) is 14.8. The Bertz CT molecular complexity index is 655. The van der Waals surface area contributed by atoms with Crippen LogP contribution in [0.5, 0.6) is 11.5 Å².